The maximum atomic E-state index is 13.3. The van der Waals surface area contributed by atoms with Crippen molar-refractivity contribution in [2.45, 2.75) is 6.54 Å². The summed E-state index contributed by atoms with van der Waals surface area (Å²) in [6.07, 6.45) is 0. The average molecular weight is 326 g/mol. The second-order valence-corrected chi connectivity index (χ2v) is 5.83. The number of fused-ring (bicyclic) bond motifs is 1. The van der Waals surface area contributed by atoms with Gasteiger partial charge in [-0.15, -0.1) is 11.3 Å². The molecule has 2 aromatic heterocycles. The van der Waals surface area contributed by atoms with Crippen LogP contribution in [0, 0.1) is 5.82 Å². The molecule has 0 spiro atoms. The first-order chi connectivity index (χ1) is 8.63. The SMILES string of the molecule is Nc1nc2ccc(F)cc2n1Cc1cc(Br)cs1. The highest BCUT2D eigenvalue weighted by Gasteiger charge is 2.10. The fraction of sp³-hybridized carbons (Fsp3) is 0.0833. The molecule has 0 saturated carbocycles. The van der Waals surface area contributed by atoms with Gasteiger partial charge in [0.1, 0.15) is 5.82 Å². The maximum absolute atomic E-state index is 13.3. The van der Waals surface area contributed by atoms with E-state index < -0.39 is 0 Å². The Labute approximate surface area is 115 Å². The Morgan fingerprint density at radius 2 is 2.22 bits per heavy atom. The molecule has 0 bridgehead atoms. The second kappa shape index (κ2) is 4.37. The van der Waals surface area contributed by atoms with E-state index in [0.29, 0.717) is 18.0 Å². The summed E-state index contributed by atoms with van der Waals surface area (Å²) < 4.78 is 16.1. The minimum Gasteiger partial charge on any atom is -0.369 e. The first-order valence-corrected chi connectivity index (χ1v) is 6.95. The van der Waals surface area contributed by atoms with Gasteiger partial charge in [0.25, 0.3) is 0 Å². The van der Waals surface area contributed by atoms with Crippen LogP contribution in [0.4, 0.5) is 10.3 Å². The molecule has 1 aromatic carbocycles. The Morgan fingerprint density at radius 3 is 2.94 bits per heavy atom. The number of nitrogen functional groups attached to an aromatic ring is 1. The van der Waals surface area contributed by atoms with Crippen LogP contribution in [0.15, 0.2) is 34.1 Å². The lowest BCUT2D eigenvalue weighted by Gasteiger charge is -2.04. The zero-order chi connectivity index (χ0) is 12.7. The molecule has 2 heterocycles. The first kappa shape index (κ1) is 11.7. The Hall–Kier alpha value is -1.40. The van der Waals surface area contributed by atoms with Gasteiger partial charge in [-0.05, 0) is 40.2 Å². The van der Waals surface area contributed by atoms with Gasteiger partial charge in [0.15, 0.2) is 0 Å². The van der Waals surface area contributed by atoms with Crippen LogP contribution < -0.4 is 5.73 Å². The molecule has 0 atom stereocenters. The van der Waals surface area contributed by atoms with Crippen molar-refractivity contribution >= 4 is 44.2 Å². The van der Waals surface area contributed by atoms with Crippen molar-refractivity contribution < 1.29 is 4.39 Å². The second-order valence-electron chi connectivity index (χ2n) is 3.92. The molecule has 92 valence electrons. The molecule has 6 heteroatoms. The van der Waals surface area contributed by atoms with Gasteiger partial charge in [0.2, 0.25) is 5.95 Å². The van der Waals surface area contributed by atoms with Crippen LogP contribution in [0.5, 0.6) is 0 Å². The van der Waals surface area contributed by atoms with E-state index in [1.165, 1.54) is 12.1 Å². The quantitative estimate of drug-likeness (QED) is 0.781. The number of rotatable bonds is 2. The van der Waals surface area contributed by atoms with E-state index in [1.807, 2.05) is 16.0 Å². The van der Waals surface area contributed by atoms with Crippen molar-refractivity contribution in [1.82, 2.24) is 9.55 Å². The molecular weight excluding hydrogens is 317 g/mol. The lowest BCUT2D eigenvalue weighted by atomic mass is 10.3. The molecule has 3 nitrogen and oxygen atoms in total. The molecule has 3 aromatic rings. The highest BCUT2D eigenvalue weighted by Crippen LogP contribution is 2.24. The van der Waals surface area contributed by atoms with Crippen LogP contribution in [0.2, 0.25) is 0 Å². The zero-order valence-corrected chi connectivity index (χ0v) is 11.6. The molecule has 0 amide bonds. The predicted octanol–water partition coefficient (Wildman–Crippen LogP) is 3.63. The number of nitrogens with zero attached hydrogens (tertiary/aromatic N) is 2. The Bertz CT molecular complexity index is 719. The Balaban J connectivity index is 2.10. The molecule has 0 fully saturated rings. The van der Waals surface area contributed by atoms with Crippen molar-refractivity contribution in [1.29, 1.82) is 0 Å². The Morgan fingerprint density at radius 1 is 1.39 bits per heavy atom. The number of hydrogen-bond acceptors (Lipinski definition) is 3. The summed E-state index contributed by atoms with van der Waals surface area (Å²) in [5, 5.41) is 2.01. The summed E-state index contributed by atoms with van der Waals surface area (Å²) in [6.45, 7) is 0.599. The molecule has 0 radical (unpaired) electrons. The van der Waals surface area contributed by atoms with E-state index in [1.54, 1.807) is 17.4 Å². The summed E-state index contributed by atoms with van der Waals surface area (Å²) in [6, 6.07) is 6.51. The van der Waals surface area contributed by atoms with Gasteiger partial charge in [-0.3, -0.25) is 0 Å². The third-order valence-electron chi connectivity index (χ3n) is 2.68. The fourth-order valence-corrected chi connectivity index (χ4v) is 3.31. The van der Waals surface area contributed by atoms with Gasteiger partial charge >= 0.3 is 0 Å². The van der Waals surface area contributed by atoms with E-state index in [0.717, 1.165) is 14.9 Å². The summed E-state index contributed by atoms with van der Waals surface area (Å²) >= 11 is 5.03. The highest BCUT2D eigenvalue weighted by atomic mass is 79.9. The molecule has 0 aliphatic rings. The number of benzene rings is 1. The monoisotopic (exact) mass is 325 g/mol. The van der Waals surface area contributed by atoms with Crippen LogP contribution in [-0.4, -0.2) is 9.55 Å². The molecule has 0 aliphatic carbocycles. The van der Waals surface area contributed by atoms with Crippen LogP contribution in [-0.2, 0) is 6.54 Å². The van der Waals surface area contributed by atoms with Gasteiger partial charge in [-0.1, -0.05) is 0 Å². The molecule has 0 saturated heterocycles. The first-order valence-electron chi connectivity index (χ1n) is 5.27. The van der Waals surface area contributed by atoms with Crippen LogP contribution in [0.25, 0.3) is 11.0 Å². The average Bonchev–Trinajstić information content (AvgIpc) is 2.86. The van der Waals surface area contributed by atoms with E-state index in [2.05, 4.69) is 20.9 Å². The minimum atomic E-state index is -0.281. The molecular formula is C12H9BrFN3S. The van der Waals surface area contributed by atoms with Crippen LogP contribution in [0.1, 0.15) is 4.88 Å². The van der Waals surface area contributed by atoms with Crippen molar-refractivity contribution in [2.75, 3.05) is 5.73 Å². The van der Waals surface area contributed by atoms with Gasteiger partial charge < -0.3 is 10.3 Å². The largest absolute Gasteiger partial charge is 0.369 e. The Kier molecular flexibility index (Phi) is 2.83. The third kappa shape index (κ3) is 2.02. The minimum absolute atomic E-state index is 0.281. The third-order valence-corrected chi connectivity index (χ3v) is 4.36. The van der Waals surface area contributed by atoms with Gasteiger partial charge in [0, 0.05) is 14.7 Å². The molecule has 3 rings (SSSR count). The normalized spacial score (nSPS) is 11.2. The van der Waals surface area contributed by atoms with E-state index in [-0.39, 0.29) is 5.82 Å². The summed E-state index contributed by atoms with van der Waals surface area (Å²) in [4.78, 5) is 5.36. The molecule has 0 aliphatic heterocycles. The lowest BCUT2D eigenvalue weighted by Crippen LogP contribution is -2.03. The molecule has 2 N–H and O–H groups in total. The van der Waals surface area contributed by atoms with Crippen molar-refractivity contribution in [3.63, 3.8) is 0 Å². The molecule has 18 heavy (non-hydrogen) atoms. The van der Waals surface area contributed by atoms with Crippen molar-refractivity contribution in [3.05, 3.63) is 44.8 Å². The van der Waals surface area contributed by atoms with Crippen molar-refractivity contribution in [2.24, 2.45) is 0 Å². The van der Waals surface area contributed by atoms with E-state index in [4.69, 9.17) is 5.73 Å². The summed E-state index contributed by atoms with van der Waals surface area (Å²) in [5.41, 5.74) is 7.31. The maximum Gasteiger partial charge on any atom is 0.201 e. The number of nitrogens with two attached hydrogens (primary N) is 1. The summed E-state index contributed by atoms with van der Waals surface area (Å²) in [7, 11) is 0. The highest BCUT2D eigenvalue weighted by molar-refractivity contribution is 9.10. The smallest absolute Gasteiger partial charge is 0.201 e. The van der Waals surface area contributed by atoms with Crippen LogP contribution in [0.3, 0.4) is 0 Å². The predicted molar refractivity (Wildman–Crippen MR) is 75.2 cm³/mol. The number of imidazole rings is 1. The standard InChI is InChI=1S/C12H9BrFN3S/c13-7-3-9(18-6-7)5-17-11-4-8(14)1-2-10(11)16-12(17)15/h1-4,6H,5H2,(H2,15,16). The lowest BCUT2D eigenvalue weighted by molar-refractivity contribution is 0.628. The molecule has 0 unspecified atom stereocenters. The van der Waals surface area contributed by atoms with Crippen molar-refractivity contribution in [3.8, 4) is 0 Å². The fourth-order valence-electron chi connectivity index (χ4n) is 1.87. The number of thiophene rings is 1. The number of halogens is 2. The summed E-state index contributed by atoms with van der Waals surface area (Å²) in [5.74, 6) is 0.121. The zero-order valence-electron chi connectivity index (χ0n) is 9.23. The van der Waals surface area contributed by atoms with Gasteiger partial charge in [-0.2, -0.15) is 0 Å². The van der Waals surface area contributed by atoms with E-state index >= 15 is 0 Å². The number of anilines is 1. The van der Waals surface area contributed by atoms with Gasteiger partial charge in [-0.25, -0.2) is 9.37 Å². The van der Waals surface area contributed by atoms with E-state index in [9.17, 15) is 4.39 Å². The number of aromatic nitrogens is 2. The van der Waals surface area contributed by atoms with Crippen LogP contribution >= 0.6 is 27.3 Å². The van der Waals surface area contributed by atoms with Gasteiger partial charge in [0.05, 0.1) is 17.6 Å². The number of hydrogen-bond donors (Lipinski definition) is 1. The topological polar surface area (TPSA) is 43.8 Å².